The van der Waals surface area contributed by atoms with Crippen molar-refractivity contribution in [3.05, 3.63) is 72.6 Å². The Morgan fingerprint density at radius 3 is 2.48 bits per heavy atom. The predicted molar refractivity (Wildman–Crippen MR) is 159 cm³/mol. The molecule has 4 aromatic rings. The highest BCUT2D eigenvalue weighted by Gasteiger charge is 2.31. The number of rotatable bonds is 9. The molecule has 0 radical (unpaired) electrons. The van der Waals surface area contributed by atoms with Crippen LogP contribution >= 0.6 is 0 Å². The van der Waals surface area contributed by atoms with Gasteiger partial charge in [-0.15, -0.1) is 0 Å². The Morgan fingerprint density at radius 1 is 1.00 bits per heavy atom. The summed E-state index contributed by atoms with van der Waals surface area (Å²) in [6.45, 7) is 12.1. The van der Waals surface area contributed by atoms with E-state index in [-0.39, 0.29) is 11.8 Å². The molecule has 0 saturated carbocycles. The first-order valence-electron chi connectivity index (χ1n) is 14.3. The number of aromatic nitrogens is 7. The number of likely N-dealkylation sites (tertiary alicyclic amines) is 1. The second-order valence-electron chi connectivity index (χ2n) is 9.85. The maximum atomic E-state index is 13.9. The molecule has 5 heterocycles. The van der Waals surface area contributed by atoms with E-state index in [0.717, 1.165) is 42.0 Å². The molecule has 1 aliphatic heterocycles. The standard InChI is InChI=1S/C29H34N8O.C2H6/c1-4-16-37-25(5-2)27(29-31-14-8-15-32-29)28(34-37)26(38)20-35-18-21(3)10-11-22(35)19-36-17-12-24(33-36)23-9-6-7-13-30-23;1-2/h4,6-9,12-17,21-22H,5,10-11,18-20H2,1-3H3;1-2H3/b16-4-;/t21-,22?;/m1./s1. The molecular formula is C31H40N8O. The zero-order valence-electron chi connectivity index (χ0n) is 24.2. The van der Waals surface area contributed by atoms with Gasteiger partial charge in [0.2, 0.25) is 0 Å². The highest BCUT2D eigenvalue weighted by Crippen LogP contribution is 2.28. The van der Waals surface area contributed by atoms with E-state index in [2.05, 4.69) is 33.7 Å². The molecule has 0 bridgehead atoms. The first kappa shape index (κ1) is 29.0. The normalized spacial score (nSPS) is 17.5. The average Bonchev–Trinajstić information content (AvgIpc) is 3.61. The van der Waals surface area contributed by atoms with Crippen molar-refractivity contribution in [3.8, 4) is 22.8 Å². The first-order chi connectivity index (χ1) is 19.6. The van der Waals surface area contributed by atoms with Crippen molar-refractivity contribution < 1.29 is 4.79 Å². The summed E-state index contributed by atoms with van der Waals surface area (Å²) in [5.41, 5.74) is 3.80. The molecule has 5 rings (SSSR count). The molecule has 0 aliphatic carbocycles. The summed E-state index contributed by atoms with van der Waals surface area (Å²) in [5, 5.41) is 9.50. The molecule has 1 aliphatic rings. The van der Waals surface area contributed by atoms with Gasteiger partial charge in [-0.1, -0.05) is 39.8 Å². The Hall–Kier alpha value is -3.98. The molecule has 210 valence electrons. The van der Waals surface area contributed by atoms with E-state index >= 15 is 0 Å². The van der Waals surface area contributed by atoms with E-state index in [1.54, 1.807) is 29.3 Å². The summed E-state index contributed by atoms with van der Waals surface area (Å²) >= 11 is 0. The van der Waals surface area contributed by atoms with Gasteiger partial charge in [-0.2, -0.15) is 10.2 Å². The van der Waals surface area contributed by atoms with Crippen LogP contribution in [0.4, 0.5) is 0 Å². The number of carbonyl (C=O) groups is 1. The molecule has 0 N–H and O–H groups in total. The minimum absolute atomic E-state index is 0.0147. The number of piperidine rings is 1. The summed E-state index contributed by atoms with van der Waals surface area (Å²) in [6, 6.07) is 9.81. The van der Waals surface area contributed by atoms with Crippen LogP contribution in [0.1, 0.15) is 63.6 Å². The average molecular weight is 541 g/mol. The molecule has 1 saturated heterocycles. The lowest BCUT2D eigenvalue weighted by Gasteiger charge is -2.38. The minimum Gasteiger partial charge on any atom is -0.291 e. The Balaban J connectivity index is 0.00000181. The van der Waals surface area contributed by atoms with Crippen molar-refractivity contribution in [2.45, 2.75) is 66.5 Å². The van der Waals surface area contributed by atoms with Gasteiger partial charge in [0.05, 0.1) is 30.0 Å². The van der Waals surface area contributed by atoms with Gasteiger partial charge in [-0.05, 0) is 56.4 Å². The molecule has 4 aromatic heterocycles. The predicted octanol–water partition coefficient (Wildman–Crippen LogP) is 5.66. The molecule has 0 spiro atoms. The summed E-state index contributed by atoms with van der Waals surface area (Å²) in [4.78, 5) is 29.5. The Kier molecular flexibility index (Phi) is 10.1. The van der Waals surface area contributed by atoms with Crippen LogP contribution in [0.5, 0.6) is 0 Å². The number of hydrogen-bond donors (Lipinski definition) is 0. The number of carbonyl (C=O) groups excluding carboxylic acids is 1. The smallest absolute Gasteiger partial charge is 0.197 e. The lowest BCUT2D eigenvalue weighted by molar-refractivity contribution is 0.0727. The van der Waals surface area contributed by atoms with E-state index < -0.39 is 0 Å². The third-order valence-corrected chi connectivity index (χ3v) is 7.06. The maximum Gasteiger partial charge on any atom is 0.197 e. The zero-order chi connectivity index (χ0) is 28.5. The fraction of sp³-hybridized carbons (Fsp3) is 0.419. The Bertz CT molecular complexity index is 1390. The molecule has 9 heteroatoms. The minimum atomic E-state index is -0.0147. The van der Waals surface area contributed by atoms with Crippen LogP contribution in [0.15, 0.2) is 61.2 Å². The number of nitrogens with zero attached hydrogens (tertiary/aromatic N) is 8. The van der Waals surface area contributed by atoms with Gasteiger partial charge >= 0.3 is 0 Å². The largest absolute Gasteiger partial charge is 0.291 e. The molecule has 0 amide bonds. The third-order valence-electron chi connectivity index (χ3n) is 7.06. The fourth-order valence-corrected chi connectivity index (χ4v) is 5.22. The van der Waals surface area contributed by atoms with E-state index in [0.29, 0.717) is 36.9 Å². The fourth-order valence-electron chi connectivity index (χ4n) is 5.22. The first-order valence-corrected chi connectivity index (χ1v) is 14.3. The van der Waals surface area contributed by atoms with Gasteiger partial charge < -0.3 is 0 Å². The van der Waals surface area contributed by atoms with Crippen LogP contribution in [0.2, 0.25) is 0 Å². The van der Waals surface area contributed by atoms with Crippen LogP contribution in [0.3, 0.4) is 0 Å². The van der Waals surface area contributed by atoms with E-state index in [4.69, 9.17) is 10.2 Å². The van der Waals surface area contributed by atoms with Crippen molar-refractivity contribution in [1.82, 2.24) is 39.4 Å². The topological polar surface area (TPSA) is 94.6 Å². The maximum absolute atomic E-state index is 13.9. The Labute approximate surface area is 237 Å². The van der Waals surface area contributed by atoms with E-state index in [9.17, 15) is 4.79 Å². The quantitative estimate of drug-likeness (QED) is 0.253. The zero-order valence-corrected chi connectivity index (χ0v) is 24.2. The highest BCUT2D eigenvalue weighted by molar-refractivity contribution is 6.01. The van der Waals surface area contributed by atoms with Crippen LogP contribution in [0, 0.1) is 5.92 Å². The number of allylic oxidation sites excluding steroid dienone is 1. The van der Waals surface area contributed by atoms with Crippen molar-refractivity contribution in [3.63, 3.8) is 0 Å². The van der Waals surface area contributed by atoms with Gasteiger partial charge in [0.15, 0.2) is 11.6 Å². The van der Waals surface area contributed by atoms with Gasteiger partial charge in [-0.25, -0.2) is 14.6 Å². The van der Waals surface area contributed by atoms with E-state index in [1.165, 1.54) is 0 Å². The Morgan fingerprint density at radius 2 is 1.77 bits per heavy atom. The number of Topliss-reactive ketones (excluding diaryl/α,β-unsaturated/α-hetero) is 1. The van der Waals surface area contributed by atoms with Gasteiger partial charge in [0.25, 0.3) is 0 Å². The summed E-state index contributed by atoms with van der Waals surface area (Å²) in [5.74, 6) is 1.04. The second kappa shape index (κ2) is 13.9. The summed E-state index contributed by atoms with van der Waals surface area (Å²) < 4.78 is 3.76. The molecule has 40 heavy (non-hydrogen) atoms. The third kappa shape index (κ3) is 6.59. The molecule has 9 nitrogen and oxygen atoms in total. The van der Waals surface area contributed by atoms with Crippen molar-refractivity contribution in [1.29, 1.82) is 0 Å². The number of pyridine rings is 1. The monoisotopic (exact) mass is 540 g/mol. The molecule has 2 atom stereocenters. The molecule has 1 fully saturated rings. The number of ketones is 1. The van der Waals surface area contributed by atoms with Crippen molar-refractivity contribution >= 4 is 12.0 Å². The molecule has 0 aromatic carbocycles. The van der Waals surface area contributed by atoms with Crippen LogP contribution in [-0.4, -0.2) is 64.3 Å². The van der Waals surface area contributed by atoms with Gasteiger partial charge in [0, 0.05) is 43.6 Å². The molecular weight excluding hydrogens is 500 g/mol. The van der Waals surface area contributed by atoms with Crippen LogP contribution in [0.25, 0.3) is 29.0 Å². The van der Waals surface area contributed by atoms with Crippen LogP contribution < -0.4 is 0 Å². The van der Waals surface area contributed by atoms with Crippen molar-refractivity contribution in [2.75, 3.05) is 13.1 Å². The SMILES string of the molecule is C/C=C\n1nc(C(=O)CN2C[C@H](C)CCC2Cn2ccc(-c3ccccn3)n2)c(-c2ncccn2)c1CC.CC. The van der Waals surface area contributed by atoms with Crippen LogP contribution in [-0.2, 0) is 13.0 Å². The van der Waals surface area contributed by atoms with Crippen molar-refractivity contribution in [2.24, 2.45) is 5.92 Å². The lowest BCUT2D eigenvalue weighted by atomic mass is 9.93. The lowest BCUT2D eigenvalue weighted by Crippen LogP contribution is -2.47. The van der Waals surface area contributed by atoms with Gasteiger partial charge in [-0.3, -0.25) is 19.4 Å². The second-order valence-corrected chi connectivity index (χ2v) is 9.85. The highest BCUT2D eigenvalue weighted by atomic mass is 16.1. The summed E-state index contributed by atoms with van der Waals surface area (Å²) in [7, 11) is 0. The van der Waals surface area contributed by atoms with E-state index in [1.807, 2.05) is 68.2 Å². The molecule has 1 unspecified atom stereocenters. The number of hydrogen-bond acceptors (Lipinski definition) is 7. The summed E-state index contributed by atoms with van der Waals surface area (Å²) in [6.07, 6.45) is 13.8. The van der Waals surface area contributed by atoms with Gasteiger partial charge in [0.1, 0.15) is 11.4 Å².